The van der Waals surface area contributed by atoms with Crippen LogP contribution in [0.2, 0.25) is 0 Å². The average Bonchev–Trinajstić information content (AvgIpc) is 2.56. The standard InChI is InChI=1S/C19H29N3O2/c1-16(23)22-11-7-19(24,8-12-22)15-21-10-4-5-17(14-21)13-18-6-2-3-9-20-18/h2-3,6,9,17,24H,4-5,7-8,10-15H2,1H3. The maximum Gasteiger partial charge on any atom is 0.219 e. The first-order valence-electron chi connectivity index (χ1n) is 9.14. The second kappa shape index (κ2) is 7.62. The van der Waals surface area contributed by atoms with E-state index in [1.165, 1.54) is 12.8 Å². The predicted molar refractivity (Wildman–Crippen MR) is 93.5 cm³/mol. The van der Waals surface area contributed by atoms with Crippen molar-refractivity contribution in [1.82, 2.24) is 14.8 Å². The summed E-state index contributed by atoms with van der Waals surface area (Å²) < 4.78 is 0. The Bertz CT molecular complexity index is 541. The molecule has 24 heavy (non-hydrogen) atoms. The lowest BCUT2D eigenvalue weighted by atomic mass is 9.88. The van der Waals surface area contributed by atoms with Crippen molar-refractivity contribution in [2.45, 2.75) is 44.6 Å². The van der Waals surface area contributed by atoms with Crippen LogP contribution in [0.5, 0.6) is 0 Å². The highest BCUT2D eigenvalue weighted by molar-refractivity contribution is 5.73. The van der Waals surface area contributed by atoms with E-state index in [1.807, 2.05) is 17.2 Å². The van der Waals surface area contributed by atoms with Crippen molar-refractivity contribution >= 4 is 5.91 Å². The van der Waals surface area contributed by atoms with Gasteiger partial charge in [0.1, 0.15) is 0 Å². The van der Waals surface area contributed by atoms with E-state index >= 15 is 0 Å². The molecule has 2 aliphatic heterocycles. The molecule has 5 nitrogen and oxygen atoms in total. The van der Waals surface area contributed by atoms with Gasteiger partial charge in [-0.3, -0.25) is 9.78 Å². The molecule has 0 spiro atoms. The third kappa shape index (κ3) is 4.54. The van der Waals surface area contributed by atoms with E-state index < -0.39 is 5.60 Å². The molecule has 0 aromatic carbocycles. The Kier molecular flexibility index (Phi) is 5.51. The summed E-state index contributed by atoms with van der Waals surface area (Å²) in [5.74, 6) is 0.736. The first-order valence-corrected chi connectivity index (χ1v) is 9.14. The first-order chi connectivity index (χ1) is 11.5. The molecule has 3 heterocycles. The fraction of sp³-hybridized carbons (Fsp3) is 0.684. The zero-order chi connectivity index (χ0) is 17.0. The van der Waals surface area contributed by atoms with E-state index in [0.29, 0.717) is 31.8 Å². The van der Waals surface area contributed by atoms with Crippen LogP contribution in [0.25, 0.3) is 0 Å². The van der Waals surface area contributed by atoms with Gasteiger partial charge < -0.3 is 14.9 Å². The molecule has 1 unspecified atom stereocenters. The Morgan fingerprint density at radius 3 is 2.79 bits per heavy atom. The van der Waals surface area contributed by atoms with Gasteiger partial charge >= 0.3 is 0 Å². The molecule has 0 aliphatic carbocycles. The molecule has 2 saturated heterocycles. The topological polar surface area (TPSA) is 56.7 Å². The number of piperidine rings is 2. The lowest BCUT2D eigenvalue weighted by molar-refractivity contribution is -0.133. The molecule has 5 heteroatoms. The molecular formula is C19H29N3O2. The Morgan fingerprint density at radius 1 is 1.33 bits per heavy atom. The molecule has 1 aromatic heterocycles. The van der Waals surface area contributed by atoms with Crippen molar-refractivity contribution in [2.75, 3.05) is 32.7 Å². The SMILES string of the molecule is CC(=O)N1CCC(O)(CN2CCCC(Cc3ccccn3)C2)CC1. The molecule has 3 rings (SSSR count). The molecular weight excluding hydrogens is 302 g/mol. The second-order valence-electron chi connectivity index (χ2n) is 7.50. The largest absolute Gasteiger partial charge is 0.388 e. The molecule has 1 amide bonds. The fourth-order valence-electron chi connectivity index (χ4n) is 4.09. The van der Waals surface area contributed by atoms with E-state index in [0.717, 1.165) is 31.7 Å². The first kappa shape index (κ1) is 17.4. The van der Waals surface area contributed by atoms with Crippen molar-refractivity contribution < 1.29 is 9.90 Å². The van der Waals surface area contributed by atoms with Gasteiger partial charge in [0.25, 0.3) is 0 Å². The van der Waals surface area contributed by atoms with Crippen molar-refractivity contribution in [3.63, 3.8) is 0 Å². The van der Waals surface area contributed by atoms with Crippen LogP contribution in [-0.2, 0) is 11.2 Å². The second-order valence-corrected chi connectivity index (χ2v) is 7.50. The minimum absolute atomic E-state index is 0.116. The lowest BCUT2D eigenvalue weighted by Crippen LogP contribution is -2.53. The highest BCUT2D eigenvalue weighted by Crippen LogP contribution is 2.27. The maximum atomic E-state index is 11.4. The Labute approximate surface area is 144 Å². The third-order valence-electron chi connectivity index (χ3n) is 5.48. The van der Waals surface area contributed by atoms with Crippen molar-refractivity contribution in [2.24, 2.45) is 5.92 Å². The van der Waals surface area contributed by atoms with Crippen LogP contribution < -0.4 is 0 Å². The molecule has 0 radical (unpaired) electrons. The number of aromatic nitrogens is 1. The van der Waals surface area contributed by atoms with E-state index in [1.54, 1.807) is 6.92 Å². The third-order valence-corrected chi connectivity index (χ3v) is 5.48. The number of hydrogen-bond acceptors (Lipinski definition) is 4. The summed E-state index contributed by atoms with van der Waals surface area (Å²) in [7, 11) is 0. The average molecular weight is 331 g/mol. The monoisotopic (exact) mass is 331 g/mol. The number of β-amino-alcohol motifs (C(OH)–C–C–N with tert-alkyl or cyclic N) is 1. The number of nitrogens with zero attached hydrogens (tertiary/aromatic N) is 3. The van der Waals surface area contributed by atoms with Crippen LogP contribution in [0.4, 0.5) is 0 Å². The number of hydrogen-bond donors (Lipinski definition) is 1. The van der Waals surface area contributed by atoms with Crippen LogP contribution in [0.15, 0.2) is 24.4 Å². The number of amides is 1. The fourth-order valence-corrected chi connectivity index (χ4v) is 4.09. The van der Waals surface area contributed by atoms with Crippen LogP contribution in [0, 0.1) is 5.92 Å². The van der Waals surface area contributed by atoms with Gasteiger partial charge in [-0.25, -0.2) is 0 Å². The number of likely N-dealkylation sites (tertiary alicyclic amines) is 2. The summed E-state index contributed by atoms with van der Waals surface area (Å²) in [6, 6.07) is 6.11. The van der Waals surface area contributed by atoms with Crippen molar-refractivity contribution in [3.05, 3.63) is 30.1 Å². The van der Waals surface area contributed by atoms with Crippen LogP contribution in [0.1, 0.15) is 38.3 Å². The summed E-state index contributed by atoms with van der Waals surface area (Å²) in [4.78, 5) is 20.2. The quantitative estimate of drug-likeness (QED) is 0.912. The number of carbonyl (C=O) groups is 1. The van der Waals surface area contributed by atoms with Gasteiger partial charge in [0.05, 0.1) is 5.60 Å². The zero-order valence-corrected chi connectivity index (χ0v) is 14.7. The molecule has 1 aromatic rings. The number of pyridine rings is 1. The summed E-state index contributed by atoms with van der Waals surface area (Å²) in [6.07, 6.45) is 6.69. The Morgan fingerprint density at radius 2 is 2.12 bits per heavy atom. The van der Waals surface area contributed by atoms with Gasteiger partial charge in [-0.05, 0) is 56.7 Å². The van der Waals surface area contributed by atoms with E-state index in [-0.39, 0.29) is 5.91 Å². The zero-order valence-electron chi connectivity index (χ0n) is 14.7. The van der Waals surface area contributed by atoms with E-state index in [2.05, 4.69) is 22.0 Å². The Balaban J connectivity index is 1.51. The van der Waals surface area contributed by atoms with E-state index in [4.69, 9.17) is 0 Å². The van der Waals surface area contributed by atoms with Gasteiger partial charge in [0, 0.05) is 45.0 Å². The van der Waals surface area contributed by atoms with Gasteiger partial charge in [-0.15, -0.1) is 0 Å². The Hall–Kier alpha value is -1.46. The number of rotatable bonds is 4. The van der Waals surface area contributed by atoms with Gasteiger partial charge in [-0.2, -0.15) is 0 Å². The summed E-state index contributed by atoms with van der Waals surface area (Å²) in [5, 5.41) is 10.9. The summed E-state index contributed by atoms with van der Waals surface area (Å²) in [5.41, 5.74) is 0.525. The van der Waals surface area contributed by atoms with Crippen LogP contribution in [0.3, 0.4) is 0 Å². The maximum absolute atomic E-state index is 11.4. The van der Waals surface area contributed by atoms with Gasteiger partial charge in [0.2, 0.25) is 5.91 Å². The summed E-state index contributed by atoms with van der Waals surface area (Å²) >= 11 is 0. The molecule has 1 N–H and O–H groups in total. The van der Waals surface area contributed by atoms with Crippen LogP contribution in [-0.4, -0.2) is 64.1 Å². The molecule has 0 bridgehead atoms. The molecule has 1 atom stereocenters. The number of carbonyl (C=O) groups excluding carboxylic acids is 1. The molecule has 132 valence electrons. The smallest absolute Gasteiger partial charge is 0.219 e. The van der Waals surface area contributed by atoms with Gasteiger partial charge in [0.15, 0.2) is 0 Å². The van der Waals surface area contributed by atoms with E-state index in [9.17, 15) is 9.90 Å². The normalized spacial score (nSPS) is 24.8. The van der Waals surface area contributed by atoms with Crippen LogP contribution >= 0.6 is 0 Å². The minimum atomic E-state index is -0.640. The van der Waals surface area contributed by atoms with Crippen molar-refractivity contribution in [3.8, 4) is 0 Å². The molecule has 2 aliphatic rings. The van der Waals surface area contributed by atoms with Gasteiger partial charge in [-0.1, -0.05) is 6.07 Å². The lowest BCUT2D eigenvalue weighted by Gasteiger charge is -2.42. The predicted octanol–water partition coefficient (Wildman–Crippen LogP) is 1.71. The number of aliphatic hydroxyl groups is 1. The summed E-state index contributed by atoms with van der Waals surface area (Å²) in [6.45, 7) is 5.80. The molecule has 0 saturated carbocycles. The molecule has 2 fully saturated rings. The highest BCUT2D eigenvalue weighted by Gasteiger charge is 2.35. The highest BCUT2D eigenvalue weighted by atomic mass is 16.3. The minimum Gasteiger partial charge on any atom is -0.388 e. The van der Waals surface area contributed by atoms with Crippen molar-refractivity contribution in [1.29, 1.82) is 0 Å².